The first kappa shape index (κ1) is 19.7. The second kappa shape index (κ2) is 7.30. The van der Waals surface area contributed by atoms with E-state index in [4.69, 9.17) is 0 Å². The highest BCUT2D eigenvalue weighted by Gasteiger charge is 2.49. The third kappa shape index (κ3) is 3.48. The zero-order valence-electron chi connectivity index (χ0n) is 14.5. The lowest BCUT2D eigenvalue weighted by atomic mass is 9.76. The SMILES string of the molecule is C[N+]1(C)CC[C@H](c2ccccc2[C@@](O)(C(=O)O)C2CCCC2)C1.[I-]. The second-order valence-corrected chi connectivity index (χ2v) is 7.97. The average molecular weight is 445 g/mol. The van der Waals surface area contributed by atoms with Gasteiger partial charge in [-0.05, 0) is 24.0 Å². The number of nitrogens with zero attached hydrogens (tertiary/aromatic N) is 1. The normalized spacial score (nSPS) is 25.9. The number of carboxylic acids is 1. The first-order valence-electron chi connectivity index (χ1n) is 8.72. The summed E-state index contributed by atoms with van der Waals surface area (Å²) in [5.74, 6) is -0.942. The van der Waals surface area contributed by atoms with E-state index in [2.05, 4.69) is 14.1 Å². The number of benzene rings is 1. The molecule has 3 rings (SSSR count). The smallest absolute Gasteiger partial charge is 0.340 e. The van der Waals surface area contributed by atoms with Crippen molar-refractivity contribution in [3.63, 3.8) is 0 Å². The van der Waals surface area contributed by atoms with Crippen molar-refractivity contribution in [2.45, 2.75) is 43.6 Å². The molecule has 1 saturated heterocycles. The molecule has 1 aliphatic carbocycles. The maximum atomic E-state index is 12.0. The van der Waals surface area contributed by atoms with Crippen molar-refractivity contribution < 1.29 is 43.5 Å². The summed E-state index contributed by atoms with van der Waals surface area (Å²) in [6, 6.07) is 7.68. The second-order valence-electron chi connectivity index (χ2n) is 7.97. The van der Waals surface area contributed by atoms with Gasteiger partial charge in [-0.1, -0.05) is 37.1 Å². The molecule has 1 aromatic rings. The number of aliphatic hydroxyl groups is 1. The molecule has 2 atom stereocenters. The standard InChI is InChI=1S/C19H27NO3.HI/c1-20(2)12-11-14(13-20)16-9-5-6-10-17(16)19(23,18(21)22)15-7-3-4-8-15;/h5-6,9-10,14-15,23H,3-4,7-8,11-13H2,1-2H3;1H/t14-,19+;/m0./s1. The fourth-order valence-corrected chi connectivity index (χ4v) is 4.59. The molecule has 0 amide bonds. The Balaban J connectivity index is 0.00000208. The van der Waals surface area contributed by atoms with Crippen LogP contribution < -0.4 is 24.0 Å². The Bertz CT molecular complexity index is 598. The molecule has 0 bridgehead atoms. The van der Waals surface area contributed by atoms with E-state index in [0.29, 0.717) is 11.5 Å². The first-order valence-corrected chi connectivity index (χ1v) is 8.72. The van der Waals surface area contributed by atoms with E-state index < -0.39 is 11.6 Å². The first-order chi connectivity index (χ1) is 10.8. The highest BCUT2D eigenvalue weighted by Crippen LogP contribution is 2.44. The molecule has 2 fully saturated rings. The van der Waals surface area contributed by atoms with Crippen LogP contribution in [-0.2, 0) is 10.4 Å². The van der Waals surface area contributed by atoms with Gasteiger partial charge >= 0.3 is 5.97 Å². The molecule has 4 nitrogen and oxygen atoms in total. The van der Waals surface area contributed by atoms with Crippen molar-refractivity contribution >= 4 is 5.97 Å². The van der Waals surface area contributed by atoms with Crippen molar-refractivity contribution in [2.24, 2.45) is 5.92 Å². The number of hydrogen-bond acceptors (Lipinski definition) is 2. The molecule has 0 unspecified atom stereocenters. The Kier molecular flexibility index (Phi) is 5.98. The molecular weight excluding hydrogens is 417 g/mol. The van der Waals surface area contributed by atoms with E-state index in [1.807, 2.05) is 24.3 Å². The zero-order valence-corrected chi connectivity index (χ0v) is 16.7. The van der Waals surface area contributed by atoms with Crippen molar-refractivity contribution in [3.05, 3.63) is 35.4 Å². The number of likely N-dealkylation sites (N-methyl/N-ethyl adjacent to an activating group) is 1. The summed E-state index contributed by atoms with van der Waals surface area (Å²) in [7, 11) is 4.42. The third-order valence-corrected chi connectivity index (χ3v) is 5.88. The molecule has 24 heavy (non-hydrogen) atoms. The largest absolute Gasteiger partial charge is 1.00 e. The molecule has 1 aliphatic heterocycles. The molecule has 0 radical (unpaired) electrons. The molecule has 134 valence electrons. The minimum atomic E-state index is -1.74. The summed E-state index contributed by atoms with van der Waals surface area (Å²) in [6.45, 7) is 2.09. The van der Waals surface area contributed by atoms with Crippen molar-refractivity contribution in [1.82, 2.24) is 0 Å². The molecule has 2 aliphatic rings. The number of halogens is 1. The van der Waals surface area contributed by atoms with E-state index in [1.54, 1.807) is 0 Å². The van der Waals surface area contributed by atoms with Crippen molar-refractivity contribution in [3.8, 4) is 0 Å². The lowest BCUT2D eigenvalue weighted by molar-refractivity contribution is -0.878. The predicted octanol–water partition coefficient (Wildman–Crippen LogP) is -0.283. The van der Waals surface area contributed by atoms with Crippen molar-refractivity contribution in [2.75, 3.05) is 27.2 Å². The summed E-state index contributed by atoms with van der Waals surface area (Å²) in [6.07, 6.45) is 4.66. The molecule has 0 spiro atoms. The number of hydrogen-bond donors (Lipinski definition) is 2. The van der Waals surface area contributed by atoms with Gasteiger partial charge in [0.15, 0.2) is 5.60 Å². The van der Waals surface area contributed by atoms with Gasteiger partial charge in [0.25, 0.3) is 0 Å². The number of aliphatic carboxylic acids is 1. The molecular formula is C19H28INO3. The van der Waals surface area contributed by atoms with Gasteiger partial charge in [-0.25, -0.2) is 4.79 Å². The Labute approximate surface area is 161 Å². The van der Waals surface area contributed by atoms with Crippen LogP contribution >= 0.6 is 0 Å². The summed E-state index contributed by atoms with van der Waals surface area (Å²) in [5.41, 5.74) is -0.0772. The van der Waals surface area contributed by atoms with E-state index in [0.717, 1.165) is 55.2 Å². The third-order valence-electron chi connectivity index (χ3n) is 5.88. The molecule has 1 aromatic carbocycles. The Morgan fingerprint density at radius 2 is 1.79 bits per heavy atom. The van der Waals surface area contributed by atoms with Crippen LogP contribution in [0.25, 0.3) is 0 Å². The summed E-state index contributed by atoms with van der Waals surface area (Å²) < 4.78 is 0.952. The lowest BCUT2D eigenvalue weighted by Gasteiger charge is -2.33. The van der Waals surface area contributed by atoms with Gasteiger partial charge in [0.1, 0.15) is 0 Å². The number of quaternary nitrogens is 1. The number of carboxylic acid groups (broad SMARTS) is 1. The number of rotatable bonds is 4. The molecule has 5 heteroatoms. The highest BCUT2D eigenvalue weighted by molar-refractivity contribution is 5.80. The summed E-state index contributed by atoms with van der Waals surface area (Å²) in [5, 5.41) is 21.1. The van der Waals surface area contributed by atoms with Crippen molar-refractivity contribution in [1.29, 1.82) is 0 Å². The van der Waals surface area contributed by atoms with Gasteiger partial charge in [-0.2, -0.15) is 0 Å². The molecule has 1 heterocycles. The number of carbonyl (C=O) groups is 1. The Morgan fingerprint density at radius 1 is 1.17 bits per heavy atom. The minimum Gasteiger partial charge on any atom is -1.00 e. The summed E-state index contributed by atoms with van der Waals surface area (Å²) >= 11 is 0. The van der Waals surface area contributed by atoms with E-state index in [1.165, 1.54) is 0 Å². The van der Waals surface area contributed by atoms with Crippen LogP contribution in [0, 0.1) is 5.92 Å². The van der Waals surface area contributed by atoms with Gasteiger partial charge in [0, 0.05) is 18.3 Å². The molecule has 1 saturated carbocycles. The van der Waals surface area contributed by atoms with Crippen LogP contribution in [0.3, 0.4) is 0 Å². The van der Waals surface area contributed by atoms with Crippen LogP contribution in [-0.4, -0.2) is 47.9 Å². The van der Waals surface area contributed by atoms with E-state index in [9.17, 15) is 15.0 Å². The fraction of sp³-hybridized carbons (Fsp3) is 0.632. The highest BCUT2D eigenvalue weighted by atomic mass is 127. The average Bonchev–Trinajstić information content (AvgIpc) is 3.16. The lowest BCUT2D eigenvalue weighted by Crippen LogP contribution is -3.00. The Morgan fingerprint density at radius 3 is 2.33 bits per heavy atom. The van der Waals surface area contributed by atoms with Gasteiger partial charge in [0.05, 0.1) is 27.2 Å². The molecule has 2 N–H and O–H groups in total. The predicted molar refractivity (Wildman–Crippen MR) is 89.1 cm³/mol. The minimum absolute atomic E-state index is 0. The van der Waals surface area contributed by atoms with Crippen LogP contribution in [0.2, 0.25) is 0 Å². The number of likely N-dealkylation sites (tertiary alicyclic amines) is 1. The maximum absolute atomic E-state index is 12.0. The monoisotopic (exact) mass is 445 g/mol. The summed E-state index contributed by atoms with van der Waals surface area (Å²) in [4.78, 5) is 12.0. The fourth-order valence-electron chi connectivity index (χ4n) is 4.59. The van der Waals surface area contributed by atoms with Gasteiger partial charge < -0.3 is 38.7 Å². The quantitative estimate of drug-likeness (QED) is 0.495. The maximum Gasteiger partial charge on any atom is 0.340 e. The Hall–Kier alpha value is -0.660. The van der Waals surface area contributed by atoms with Gasteiger partial charge in [-0.3, -0.25) is 0 Å². The van der Waals surface area contributed by atoms with Crippen LogP contribution in [0.4, 0.5) is 0 Å². The van der Waals surface area contributed by atoms with Crippen LogP contribution in [0.1, 0.15) is 49.1 Å². The van der Waals surface area contributed by atoms with Gasteiger partial charge in [0.2, 0.25) is 0 Å². The van der Waals surface area contributed by atoms with Gasteiger partial charge in [-0.15, -0.1) is 0 Å². The molecule has 0 aromatic heterocycles. The van der Waals surface area contributed by atoms with E-state index in [-0.39, 0.29) is 29.9 Å². The topological polar surface area (TPSA) is 57.5 Å². The van der Waals surface area contributed by atoms with E-state index >= 15 is 0 Å². The zero-order chi connectivity index (χ0) is 16.7. The van der Waals surface area contributed by atoms with Crippen LogP contribution in [0.5, 0.6) is 0 Å². The van der Waals surface area contributed by atoms with Crippen LogP contribution in [0.15, 0.2) is 24.3 Å².